The lowest BCUT2D eigenvalue weighted by Gasteiger charge is -2.45. The molecule has 0 aromatic heterocycles. The summed E-state index contributed by atoms with van der Waals surface area (Å²) in [6.07, 6.45) is 0.739. The molecule has 2 heterocycles. The van der Waals surface area contributed by atoms with Crippen LogP contribution in [0.4, 0.5) is 4.39 Å². The number of carbonyl (C=O) groups excluding carboxylic acids is 2. The van der Waals surface area contributed by atoms with Crippen LogP contribution < -0.4 is 5.32 Å². The Morgan fingerprint density at radius 3 is 2.62 bits per heavy atom. The fourth-order valence-electron chi connectivity index (χ4n) is 3.37. The zero-order valence-corrected chi connectivity index (χ0v) is 15.5. The van der Waals surface area contributed by atoms with E-state index in [1.165, 1.54) is 23.1 Å². The molecule has 0 bridgehead atoms. The van der Waals surface area contributed by atoms with E-state index in [2.05, 4.69) is 5.32 Å². The average Bonchev–Trinajstić information content (AvgIpc) is 2.63. The van der Waals surface area contributed by atoms with E-state index in [0.29, 0.717) is 0 Å². The molecule has 2 aliphatic rings. The van der Waals surface area contributed by atoms with Gasteiger partial charge in [0.2, 0.25) is 21.8 Å². The minimum absolute atomic E-state index is 0.00687. The van der Waals surface area contributed by atoms with Gasteiger partial charge >= 0.3 is 0 Å². The van der Waals surface area contributed by atoms with Crippen LogP contribution in [0.15, 0.2) is 29.2 Å². The van der Waals surface area contributed by atoms with E-state index in [9.17, 15) is 22.4 Å². The van der Waals surface area contributed by atoms with Crippen LogP contribution >= 0.6 is 0 Å². The standard InChI is InChI=1S/C17H22FN3O4S/c1-3-11(2)15-17(23)21-9-8-20(10-13(21)16(22)19-15)26(24,25)14-7-5-4-6-12(14)18/h4-7,11,13,15H,3,8-10H2,1-2H3,(H,19,22)/t11-,13+,15-/m0/s1. The predicted molar refractivity (Wildman–Crippen MR) is 92.0 cm³/mol. The van der Waals surface area contributed by atoms with E-state index >= 15 is 0 Å². The number of piperazine rings is 2. The van der Waals surface area contributed by atoms with Crippen molar-refractivity contribution in [3.8, 4) is 0 Å². The molecule has 0 unspecified atom stereocenters. The van der Waals surface area contributed by atoms with E-state index < -0.39 is 32.8 Å². The Labute approximate surface area is 152 Å². The lowest BCUT2D eigenvalue weighted by Crippen LogP contribution is -2.70. The number of nitrogens with zero attached hydrogens (tertiary/aromatic N) is 2. The first-order valence-electron chi connectivity index (χ1n) is 8.63. The van der Waals surface area contributed by atoms with Crippen LogP contribution in [0.5, 0.6) is 0 Å². The van der Waals surface area contributed by atoms with Crippen molar-refractivity contribution in [2.45, 2.75) is 37.2 Å². The molecule has 0 spiro atoms. The first-order valence-corrected chi connectivity index (χ1v) is 10.1. The van der Waals surface area contributed by atoms with Crippen LogP contribution in [0.1, 0.15) is 20.3 Å². The molecule has 1 aromatic carbocycles. The Kier molecular flexibility index (Phi) is 5.03. The van der Waals surface area contributed by atoms with E-state index in [-0.39, 0.29) is 37.4 Å². The maximum atomic E-state index is 13.9. The monoisotopic (exact) mass is 383 g/mol. The SMILES string of the molecule is CC[C@H](C)[C@@H]1NC(=O)[C@H]2CN(S(=O)(=O)c3ccccc3F)CCN2C1=O. The summed E-state index contributed by atoms with van der Waals surface area (Å²) < 4.78 is 40.5. The highest BCUT2D eigenvalue weighted by Gasteiger charge is 2.47. The van der Waals surface area contributed by atoms with E-state index in [1.807, 2.05) is 13.8 Å². The molecule has 1 N–H and O–H groups in total. The van der Waals surface area contributed by atoms with Gasteiger partial charge in [-0.3, -0.25) is 9.59 Å². The third kappa shape index (κ3) is 3.09. The number of rotatable bonds is 4. The quantitative estimate of drug-likeness (QED) is 0.824. The number of sulfonamides is 1. The van der Waals surface area contributed by atoms with Gasteiger partial charge < -0.3 is 10.2 Å². The fraction of sp³-hybridized carbons (Fsp3) is 0.529. The molecule has 0 aliphatic carbocycles. The van der Waals surface area contributed by atoms with Gasteiger partial charge in [0, 0.05) is 19.6 Å². The summed E-state index contributed by atoms with van der Waals surface area (Å²) in [5.74, 6) is -1.40. The first kappa shape index (κ1) is 18.8. The molecule has 0 saturated carbocycles. The Balaban J connectivity index is 1.83. The van der Waals surface area contributed by atoms with Crippen molar-refractivity contribution in [1.82, 2.24) is 14.5 Å². The van der Waals surface area contributed by atoms with Gasteiger partial charge in [-0.1, -0.05) is 32.4 Å². The molecule has 3 atom stereocenters. The predicted octanol–water partition coefficient (Wildman–Crippen LogP) is 0.572. The molecule has 142 valence electrons. The molecule has 2 amide bonds. The molecule has 0 radical (unpaired) electrons. The second-order valence-electron chi connectivity index (χ2n) is 6.71. The number of carbonyl (C=O) groups is 2. The van der Waals surface area contributed by atoms with E-state index in [4.69, 9.17) is 0 Å². The number of halogens is 1. The largest absolute Gasteiger partial charge is 0.342 e. The average molecular weight is 383 g/mol. The molecule has 2 aliphatic heterocycles. The highest BCUT2D eigenvalue weighted by Crippen LogP contribution is 2.25. The van der Waals surface area contributed by atoms with Crippen molar-refractivity contribution < 1.29 is 22.4 Å². The molecule has 1 aromatic rings. The van der Waals surface area contributed by atoms with Crippen molar-refractivity contribution >= 4 is 21.8 Å². The van der Waals surface area contributed by atoms with E-state index in [1.54, 1.807) is 0 Å². The minimum Gasteiger partial charge on any atom is -0.342 e. The van der Waals surface area contributed by atoms with Crippen molar-refractivity contribution in [1.29, 1.82) is 0 Å². The number of benzene rings is 1. The zero-order valence-electron chi connectivity index (χ0n) is 14.7. The number of hydrogen-bond acceptors (Lipinski definition) is 4. The lowest BCUT2D eigenvalue weighted by molar-refractivity contribution is -0.153. The Bertz CT molecular complexity index is 829. The van der Waals surface area contributed by atoms with Gasteiger partial charge in [0.05, 0.1) is 0 Å². The molecule has 2 saturated heterocycles. The summed E-state index contributed by atoms with van der Waals surface area (Å²) in [6.45, 7) is 3.79. The summed E-state index contributed by atoms with van der Waals surface area (Å²) in [6, 6.07) is 3.66. The fourth-order valence-corrected chi connectivity index (χ4v) is 4.87. The molecule has 26 heavy (non-hydrogen) atoms. The Hall–Kier alpha value is -2.00. The van der Waals surface area contributed by atoms with Gasteiger partial charge in [-0.2, -0.15) is 4.31 Å². The molecule has 3 rings (SSSR count). The second kappa shape index (κ2) is 6.96. The normalized spacial score (nSPS) is 25.6. The maximum Gasteiger partial charge on any atom is 0.246 e. The minimum atomic E-state index is -4.08. The van der Waals surface area contributed by atoms with Crippen LogP contribution in [-0.2, 0) is 19.6 Å². The summed E-state index contributed by atoms with van der Waals surface area (Å²) >= 11 is 0. The summed E-state index contributed by atoms with van der Waals surface area (Å²) in [5.41, 5.74) is 0. The Morgan fingerprint density at radius 2 is 1.96 bits per heavy atom. The lowest BCUT2D eigenvalue weighted by atomic mass is 9.93. The number of hydrogen-bond donors (Lipinski definition) is 1. The van der Waals surface area contributed by atoms with Crippen LogP contribution in [0, 0.1) is 11.7 Å². The molecule has 2 fully saturated rings. The summed E-state index contributed by atoms with van der Waals surface area (Å²) in [4.78, 5) is 26.2. The van der Waals surface area contributed by atoms with Crippen molar-refractivity contribution in [3.63, 3.8) is 0 Å². The van der Waals surface area contributed by atoms with Gasteiger partial charge in [0.25, 0.3) is 0 Å². The van der Waals surface area contributed by atoms with Crippen molar-refractivity contribution in [2.75, 3.05) is 19.6 Å². The second-order valence-corrected chi connectivity index (χ2v) is 8.62. The van der Waals surface area contributed by atoms with Gasteiger partial charge in [-0.05, 0) is 18.1 Å². The van der Waals surface area contributed by atoms with Crippen molar-refractivity contribution in [3.05, 3.63) is 30.1 Å². The smallest absolute Gasteiger partial charge is 0.246 e. The van der Waals surface area contributed by atoms with Crippen LogP contribution in [-0.4, -0.2) is 61.2 Å². The van der Waals surface area contributed by atoms with Gasteiger partial charge in [-0.15, -0.1) is 0 Å². The molecule has 9 heteroatoms. The van der Waals surface area contributed by atoms with Crippen LogP contribution in [0.25, 0.3) is 0 Å². The number of fused-ring (bicyclic) bond motifs is 1. The van der Waals surface area contributed by atoms with E-state index in [0.717, 1.165) is 16.8 Å². The molecule has 7 nitrogen and oxygen atoms in total. The van der Waals surface area contributed by atoms with Crippen molar-refractivity contribution in [2.24, 2.45) is 5.92 Å². The zero-order chi connectivity index (χ0) is 19.1. The van der Waals surface area contributed by atoms with Crippen LogP contribution in [0.3, 0.4) is 0 Å². The van der Waals surface area contributed by atoms with Gasteiger partial charge in [0.15, 0.2) is 0 Å². The van der Waals surface area contributed by atoms with Gasteiger partial charge in [0.1, 0.15) is 22.8 Å². The third-order valence-corrected chi connectivity index (χ3v) is 7.06. The number of amides is 2. The topological polar surface area (TPSA) is 86.8 Å². The highest BCUT2D eigenvalue weighted by atomic mass is 32.2. The Morgan fingerprint density at radius 1 is 1.27 bits per heavy atom. The molecular formula is C17H22FN3O4S. The molecular weight excluding hydrogens is 361 g/mol. The van der Waals surface area contributed by atoms with Gasteiger partial charge in [-0.25, -0.2) is 12.8 Å². The third-order valence-electron chi connectivity index (χ3n) is 5.16. The summed E-state index contributed by atoms with van der Waals surface area (Å²) in [7, 11) is -4.08. The number of nitrogens with one attached hydrogen (secondary N) is 1. The first-order chi connectivity index (χ1) is 12.3. The van der Waals surface area contributed by atoms with Crippen LogP contribution in [0.2, 0.25) is 0 Å². The maximum absolute atomic E-state index is 13.9. The highest BCUT2D eigenvalue weighted by molar-refractivity contribution is 7.89. The summed E-state index contributed by atoms with van der Waals surface area (Å²) in [5, 5.41) is 2.71.